The average Bonchev–Trinajstić information content (AvgIpc) is 2.39. The number of hydrogen-bond donors (Lipinski definition) is 0. The lowest BCUT2D eigenvalue weighted by molar-refractivity contribution is 0.678. The van der Waals surface area contributed by atoms with Crippen molar-refractivity contribution in [2.75, 3.05) is 18.0 Å². The smallest absolute Gasteiger partial charge is 0.0994 e. The third-order valence-corrected chi connectivity index (χ3v) is 3.26. The van der Waals surface area contributed by atoms with E-state index >= 15 is 0 Å². The van der Waals surface area contributed by atoms with Gasteiger partial charge in [0.05, 0.1) is 11.6 Å². The molecule has 1 rings (SSSR count). The van der Waals surface area contributed by atoms with Crippen molar-refractivity contribution in [2.24, 2.45) is 0 Å². The minimum atomic E-state index is 0.782. The number of rotatable bonds is 7. The summed E-state index contributed by atoms with van der Waals surface area (Å²) in [6, 6.07) is 8.39. The Morgan fingerprint density at radius 2 is 1.72 bits per heavy atom. The van der Waals surface area contributed by atoms with Gasteiger partial charge in [0, 0.05) is 18.8 Å². The first-order valence-corrected chi connectivity index (χ1v) is 6.98. The van der Waals surface area contributed by atoms with Gasteiger partial charge in [0.25, 0.3) is 0 Å². The topological polar surface area (TPSA) is 27.0 Å². The van der Waals surface area contributed by atoms with Gasteiger partial charge in [-0.15, -0.1) is 0 Å². The van der Waals surface area contributed by atoms with Gasteiger partial charge in [-0.2, -0.15) is 5.26 Å². The zero-order chi connectivity index (χ0) is 13.4. The van der Waals surface area contributed by atoms with Crippen LogP contribution in [0.4, 0.5) is 5.69 Å². The number of nitriles is 1. The van der Waals surface area contributed by atoms with Crippen molar-refractivity contribution in [2.45, 2.75) is 46.5 Å². The van der Waals surface area contributed by atoms with Gasteiger partial charge in [-0.05, 0) is 43.5 Å². The number of anilines is 1. The zero-order valence-corrected chi connectivity index (χ0v) is 11.9. The molecule has 0 fully saturated rings. The zero-order valence-electron chi connectivity index (χ0n) is 11.9. The Morgan fingerprint density at radius 1 is 1.11 bits per heavy atom. The summed E-state index contributed by atoms with van der Waals surface area (Å²) in [5, 5.41) is 8.97. The molecule has 0 unspecified atom stereocenters. The van der Waals surface area contributed by atoms with Gasteiger partial charge in [0.1, 0.15) is 0 Å². The first kappa shape index (κ1) is 14.6. The second-order valence-electron chi connectivity index (χ2n) is 4.81. The van der Waals surface area contributed by atoms with Gasteiger partial charge >= 0.3 is 0 Å². The summed E-state index contributed by atoms with van der Waals surface area (Å²) in [5.41, 5.74) is 3.12. The molecule has 0 aliphatic carbocycles. The Labute approximate surface area is 111 Å². The van der Waals surface area contributed by atoms with Crippen molar-refractivity contribution < 1.29 is 0 Å². The predicted octanol–water partition coefficient (Wildman–Crippen LogP) is 4.27. The van der Waals surface area contributed by atoms with E-state index in [1.807, 2.05) is 13.0 Å². The standard InChI is InChI=1S/C16H24N2/c1-4-6-10-18(11-7-5-2)16-9-8-15(13-17)14(3)12-16/h8-9,12H,4-7,10-11H2,1-3H3. The molecule has 0 atom stereocenters. The summed E-state index contributed by atoms with van der Waals surface area (Å²) in [6.45, 7) is 8.69. The molecule has 0 aliphatic rings. The largest absolute Gasteiger partial charge is 0.372 e. The highest BCUT2D eigenvalue weighted by molar-refractivity contribution is 5.53. The van der Waals surface area contributed by atoms with Crippen molar-refractivity contribution >= 4 is 5.69 Å². The lowest BCUT2D eigenvalue weighted by Crippen LogP contribution is -2.25. The molecule has 0 heterocycles. The Kier molecular flexibility index (Phi) is 6.28. The Balaban J connectivity index is 2.83. The summed E-state index contributed by atoms with van der Waals surface area (Å²) in [4.78, 5) is 2.45. The fraction of sp³-hybridized carbons (Fsp3) is 0.562. The molecule has 0 radical (unpaired) electrons. The van der Waals surface area contributed by atoms with Crippen molar-refractivity contribution in [3.63, 3.8) is 0 Å². The maximum atomic E-state index is 8.97. The van der Waals surface area contributed by atoms with Crippen LogP contribution < -0.4 is 4.90 Å². The van der Waals surface area contributed by atoms with Crippen LogP contribution in [0.3, 0.4) is 0 Å². The fourth-order valence-electron chi connectivity index (χ4n) is 2.04. The molecule has 2 nitrogen and oxygen atoms in total. The first-order chi connectivity index (χ1) is 8.72. The number of hydrogen-bond acceptors (Lipinski definition) is 2. The van der Waals surface area contributed by atoms with Crippen LogP contribution in [-0.4, -0.2) is 13.1 Å². The third-order valence-electron chi connectivity index (χ3n) is 3.26. The van der Waals surface area contributed by atoms with E-state index in [2.05, 4.69) is 36.9 Å². The van der Waals surface area contributed by atoms with Crippen molar-refractivity contribution in [3.8, 4) is 6.07 Å². The van der Waals surface area contributed by atoms with E-state index in [-0.39, 0.29) is 0 Å². The molecule has 0 aliphatic heterocycles. The second kappa shape index (κ2) is 7.76. The highest BCUT2D eigenvalue weighted by Gasteiger charge is 2.07. The number of unbranched alkanes of at least 4 members (excludes halogenated alkanes) is 2. The maximum Gasteiger partial charge on any atom is 0.0994 e. The molecule has 0 aromatic heterocycles. The van der Waals surface area contributed by atoms with E-state index in [4.69, 9.17) is 5.26 Å². The molecule has 0 N–H and O–H groups in total. The third kappa shape index (κ3) is 4.07. The number of nitrogens with zero attached hydrogens (tertiary/aromatic N) is 2. The molecule has 98 valence electrons. The van der Waals surface area contributed by atoms with E-state index in [9.17, 15) is 0 Å². The summed E-state index contributed by atoms with van der Waals surface area (Å²) < 4.78 is 0. The summed E-state index contributed by atoms with van der Waals surface area (Å²) in [5.74, 6) is 0. The van der Waals surface area contributed by atoms with E-state index in [0.29, 0.717) is 0 Å². The SMILES string of the molecule is CCCCN(CCCC)c1ccc(C#N)c(C)c1. The summed E-state index contributed by atoms with van der Waals surface area (Å²) in [6.07, 6.45) is 4.89. The van der Waals surface area contributed by atoms with Gasteiger partial charge in [-0.3, -0.25) is 0 Å². The van der Waals surface area contributed by atoms with E-state index in [1.165, 1.54) is 31.4 Å². The maximum absolute atomic E-state index is 8.97. The van der Waals surface area contributed by atoms with Crippen LogP contribution in [-0.2, 0) is 0 Å². The molecule has 1 aromatic rings. The van der Waals surface area contributed by atoms with Crippen LogP contribution >= 0.6 is 0 Å². The molecule has 0 amide bonds. The quantitative estimate of drug-likeness (QED) is 0.716. The highest BCUT2D eigenvalue weighted by Crippen LogP contribution is 2.20. The van der Waals surface area contributed by atoms with Crippen LogP contribution in [0.15, 0.2) is 18.2 Å². The Bertz CT molecular complexity index is 396. The molecule has 0 saturated carbocycles. The van der Waals surface area contributed by atoms with Gasteiger partial charge in [0.15, 0.2) is 0 Å². The van der Waals surface area contributed by atoms with Crippen LogP contribution in [0, 0.1) is 18.3 Å². The molecular weight excluding hydrogens is 220 g/mol. The molecule has 0 spiro atoms. The van der Waals surface area contributed by atoms with Crippen molar-refractivity contribution in [1.82, 2.24) is 0 Å². The lowest BCUT2D eigenvalue weighted by atomic mass is 10.1. The van der Waals surface area contributed by atoms with E-state index in [0.717, 1.165) is 24.2 Å². The summed E-state index contributed by atoms with van der Waals surface area (Å²) in [7, 11) is 0. The number of benzene rings is 1. The Hall–Kier alpha value is -1.49. The monoisotopic (exact) mass is 244 g/mol. The first-order valence-electron chi connectivity index (χ1n) is 6.98. The fourth-order valence-corrected chi connectivity index (χ4v) is 2.04. The van der Waals surface area contributed by atoms with Crippen molar-refractivity contribution in [1.29, 1.82) is 5.26 Å². The van der Waals surface area contributed by atoms with Crippen LogP contribution in [0.2, 0.25) is 0 Å². The van der Waals surface area contributed by atoms with Gasteiger partial charge in [-0.25, -0.2) is 0 Å². The predicted molar refractivity (Wildman–Crippen MR) is 77.9 cm³/mol. The molecule has 18 heavy (non-hydrogen) atoms. The van der Waals surface area contributed by atoms with Crippen LogP contribution in [0.5, 0.6) is 0 Å². The number of aryl methyl sites for hydroxylation is 1. The molecule has 2 heteroatoms. The van der Waals surface area contributed by atoms with Crippen LogP contribution in [0.1, 0.15) is 50.7 Å². The molecular formula is C16H24N2. The molecule has 0 bridgehead atoms. The second-order valence-corrected chi connectivity index (χ2v) is 4.81. The Morgan fingerprint density at radius 3 is 2.17 bits per heavy atom. The highest BCUT2D eigenvalue weighted by atomic mass is 15.1. The minimum absolute atomic E-state index is 0.782. The van der Waals surface area contributed by atoms with Gasteiger partial charge < -0.3 is 4.90 Å². The normalized spacial score (nSPS) is 10.1. The van der Waals surface area contributed by atoms with Crippen molar-refractivity contribution in [3.05, 3.63) is 29.3 Å². The van der Waals surface area contributed by atoms with E-state index < -0.39 is 0 Å². The summed E-state index contributed by atoms with van der Waals surface area (Å²) >= 11 is 0. The van der Waals surface area contributed by atoms with E-state index in [1.54, 1.807) is 0 Å². The molecule has 1 aromatic carbocycles. The lowest BCUT2D eigenvalue weighted by Gasteiger charge is -2.25. The average molecular weight is 244 g/mol. The van der Waals surface area contributed by atoms with Gasteiger partial charge in [0.2, 0.25) is 0 Å². The van der Waals surface area contributed by atoms with Crippen LogP contribution in [0.25, 0.3) is 0 Å². The molecule has 0 saturated heterocycles. The minimum Gasteiger partial charge on any atom is -0.372 e. The van der Waals surface area contributed by atoms with Gasteiger partial charge in [-0.1, -0.05) is 26.7 Å².